The lowest BCUT2D eigenvalue weighted by atomic mass is 10.2. The number of hydrogen-bond acceptors (Lipinski definition) is 10. The van der Waals surface area contributed by atoms with E-state index in [0.717, 1.165) is 68.1 Å². The SMILES string of the molecule is CC(=O)N1CCN(CCn2ncc3c(-c4cnc(N)nc4)nc(N4CCOCC4)nc32)CC1. The van der Waals surface area contributed by atoms with Crippen LogP contribution in [0.15, 0.2) is 18.6 Å². The largest absolute Gasteiger partial charge is 0.378 e. The molecular weight excluding hydrogens is 424 g/mol. The van der Waals surface area contributed by atoms with Crippen molar-refractivity contribution in [2.45, 2.75) is 13.5 Å². The van der Waals surface area contributed by atoms with Gasteiger partial charge in [0, 0.05) is 70.7 Å². The molecule has 2 aliphatic heterocycles. The first kappa shape index (κ1) is 21.5. The Labute approximate surface area is 191 Å². The van der Waals surface area contributed by atoms with Crippen molar-refractivity contribution < 1.29 is 9.53 Å². The molecule has 12 nitrogen and oxygen atoms in total. The van der Waals surface area contributed by atoms with E-state index in [2.05, 4.69) is 24.9 Å². The Morgan fingerprint density at radius 2 is 1.73 bits per heavy atom. The molecule has 1 amide bonds. The summed E-state index contributed by atoms with van der Waals surface area (Å²) in [7, 11) is 0. The van der Waals surface area contributed by atoms with Gasteiger partial charge in [-0.2, -0.15) is 10.1 Å². The number of nitrogen functional groups attached to an aromatic ring is 1. The molecule has 0 bridgehead atoms. The van der Waals surface area contributed by atoms with Crippen molar-refractivity contribution in [1.82, 2.24) is 39.5 Å². The first-order chi connectivity index (χ1) is 16.1. The molecular formula is C21H28N10O2. The molecule has 0 aliphatic carbocycles. The van der Waals surface area contributed by atoms with E-state index in [0.29, 0.717) is 25.7 Å². The molecule has 33 heavy (non-hydrogen) atoms. The van der Waals surface area contributed by atoms with E-state index in [9.17, 15) is 4.79 Å². The number of carbonyl (C=O) groups is 1. The van der Waals surface area contributed by atoms with Crippen LogP contribution >= 0.6 is 0 Å². The van der Waals surface area contributed by atoms with E-state index in [1.165, 1.54) is 0 Å². The minimum atomic E-state index is 0.138. The molecule has 3 aromatic heterocycles. The molecule has 0 spiro atoms. The molecule has 2 saturated heterocycles. The summed E-state index contributed by atoms with van der Waals surface area (Å²) in [4.78, 5) is 36.0. The lowest BCUT2D eigenvalue weighted by Crippen LogP contribution is -2.48. The number of ether oxygens (including phenoxy) is 1. The maximum Gasteiger partial charge on any atom is 0.228 e. The second-order valence-corrected chi connectivity index (χ2v) is 8.25. The zero-order valence-electron chi connectivity index (χ0n) is 18.7. The van der Waals surface area contributed by atoms with Gasteiger partial charge in [-0.15, -0.1) is 0 Å². The first-order valence-corrected chi connectivity index (χ1v) is 11.2. The molecule has 12 heteroatoms. The van der Waals surface area contributed by atoms with Crippen molar-refractivity contribution in [3.8, 4) is 11.3 Å². The molecule has 0 aromatic carbocycles. The van der Waals surface area contributed by atoms with Crippen LogP contribution in [-0.2, 0) is 16.1 Å². The van der Waals surface area contributed by atoms with E-state index in [-0.39, 0.29) is 11.9 Å². The van der Waals surface area contributed by atoms with Gasteiger partial charge in [-0.05, 0) is 0 Å². The molecule has 2 aliphatic rings. The average molecular weight is 453 g/mol. The Morgan fingerprint density at radius 3 is 2.42 bits per heavy atom. The van der Waals surface area contributed by atoms with Gasteiger partial charge in [-0.3, -0.25) is 9.69 Å². The van der Waals surface area contributed by atoms with Crippen LogP contribution in [0, 0.1) is 0 Å². The first-order valence-electron chi connectivity index (χ1n) is 11.2. The summed E-state index contributed by atoms with van der Waals surface area (Å²) < 4.78 is 7.43. The summed E-state index contributed by atoms with van der Waals surface area (Å²) >= 11 is 0. The van der Waals surface area contributed by atoms with Crippen molar-refractivity contribution in [2.24, 2.45) is 0 Å². The fourth-order valence-electron chi connectivity index (χ4n) is 4.22. The van der Waals surface area contributed by atoms with E-state index >= 15 is 0 Å². The number of rotatable bonds is 5. The summed E-state index contributed by atoms with van der Waals surface area (Å²) in [5, 5.41) is 5.48. The maximum absolute atomic E-state index is 11.6. The van der Waals surface area contributed by atoms with Crippen LogP contribution < -0.4 is 10.6 Å². The molecule has 5 heterocycles. The Kier molecular flexibility index (Phi) is 6.01. The fourth-order valence-corrected chi connectivity index (χ4v) is 4.22. The number of piperazine rings is 1. The number of aromatic nitrogens is 6. The highest BCUT2D eigenvalue weighted by molar-refractivity contribution is 5.90. The van der Waals surface area contributed by atoms with Gasteiger partial charge in [-0.1, -0.05) is 0 Å². The summed E-state index contributed by atoms with van der Waals surface area (Å²) in [5.41, 5.74) is 7.97. The molecule has 2 fully saturated rings. The number of hydrogen-bond donors (Lipinski definition) is 1. The average Bonchev–Trinajstić information content (AvgIpc) is 3.26. The summed E-state index contributed by atoms with van der Waals surface area (Å²) in [6.45, 7) is 9.17. The van der Waals surface area contributed by atoms with Gasteiger partial charge in [-0.25, -0.2) is 19.6 Å². The zero-order valence-corrected chi connectivity index (χ0v) is 18.7. The van der Waals surface area contributed by atoms with Crippen LogP contribution in [0.1, 0.15) is 6.92 Å². The van der Waals surface area contributed by atoms with E-state index in [4.69, 9.17) is 20.4 Å². The predicted molar refractivity (Wildman–Crippen MR) is 122 cm³/mol. The standard InChI is InChI=1S/C21H28N10O2/c1-15(32)29-5-2-28(3-6-29)4-7-31-19-17(14-25-31)18(16-12-23-20(22)24-13-16)26-21(27-19)30-8-10-33-11-9-30/h12-14H,2-11H2,1H3,(H2,22,23,24). The van der Waals surface area contributed by atoms with E-state index < -0.39 is 0 Å². The second kappa shape index (κ2) is 9.24. The summed E-state index contributed by atoms with van der Waals surface area (Å²) in [6.07, 6.45) is 5.16. The minimum absolute atomic E-state index is 0.138. The van der Waals surface area contributed by atoms with Gasteiger partial charge in [0.05, 0.1) is 37.0 Å². The van der Waals surface area contributed by atoms with Crippen molar-refractivity contribution in [3.05, 3.63) is 18.6 Å². The quantitative estimate of drug-likeness (QED) is 0.558. The Bertz CT molecular complexity index is 1120. The van der Waals surface area contributed by atoms with Crippen molar-refractivity contribution in [1.29, 1.82) is 0 Å². The van der Waals surface area contributed by atoms with E-state index in [1.54, 1.807) is 25.5 Å². The molecule has 0 unspecified atom stereocenters. The monoisotopic (exact) mass is 452 g/mol. The Morgan fingerprint density at radius 1 is 1.00 bits per heavy atom. The predicted octanol–water partition coefficient (Wildman–Crippen LogP) is -0.134. The van der Waals surface area contributed by atoms with E-state index in [1.807, 2.05) is 9.58 Å². The summed E-state index contributed by atoms with van der Waals surface area (Å²) in [6, 6.07) is 0. The third-order valence-corrected chi connectivity index (χ3v) is 6.17. The fraction of sp³-hybridized carbons (Fsp3) is 0.524. The minimum Gasteiger partial charge on any atom is -0.378 e. The van der Waals surface area contributed by atoms with Crippen LogP contribution in [0.4, 0.5) is 11.9 Å². The molecule has 5 rings (SSSR count). The number of nitrogens with zero attached hydrogens (tertiary/aromatic N) is 9. The maximum atomic E-state index is 11.6. The van der Waals surface area contributed by atoms with Gasteiger partial charge < -0.3 is 20.3 Å². The topological polar surface area (TPSA) is 131 Å². The van der Waals surface area contributed by atoms with Gasteiger partial charge in [0.2, 0.25) is 17.8 Å². The van der Waals surface area contributed by atoms with Gasteiger partial charge in [0.1, 0.15) is 0 Å². The van der Waals surface area contributed by atoms with Crippen molar-refractivity contribution in [3.63, 3.8) is 0 Å². The van der Waals surface area contributed by atoms with Crippen LogP contribution in [-0.4, -0.2) is 104 Å². The van der Waals surface area contributed by atoms with Crippen LogP contribution in [0.25, 0.3) is 22.3 Å². The molecule has 3 aromatic rings. The number of fused-ring (bicyclic) bond motifs is 1. The van der Waals surface area contributed by atoms with Crippen molar-refractivity contribution >= 4 is 28.8 Å². The number of anilines is 2. The lowest BCUT2D eigenvalue weighted by Gasteiger charge is -2.34. The van der Waals surface area contributed by atoms with Gasteiger partial charge in [0.25, 0.3) is 0 Å². The Balaban J connectivity index is 1.43. The van der Waals surface area contributed by atoms with Crippen LogP contribution in [0.3, 0.4) is 0 Å². The van der Waals surface area contributed by atoms with Gasteiger partial charge in [0.15, 0.2) is 5.65 Å². The lowest BCUT2D eigenvalue weighted by molar-refractivity contribution is -0.130. The smallest absolute Gasteiger partial charge is 0.228 e. The second-order valence-electron chi connectivity index (χ2n) is 8.25. The van der Waals surface area contributed by atoms with Crippen LogP contribution in [0.5, 0.6) is 0 Å². The van der Waals surface area contributed by atoms with Gasteiger partial charge >= 0.3 is 0 Å². The molecule has 0 atom stereocenters. The van der Waals surface area contributed by atoms with Crippen molar-refractivity contribution in [2.75, 3.05) is 69.7 Å². The number of amides is 1. The van der Waals surface area contributed by atoms with Crippen LogP contribution in [0.2, 0.25) is 0 Å². The number of carbonyl (C=O) groups excluding carboxylic acids is 1. The third-order valence-electron chi connectivity index (χ3n) is 6.17. The highest BCUT2D eigenvalue weighted by Gasteiger charge is 2.22. The number of nitrogens with two attached hydrogens (primary N) is 1. The molecule has 0 saturated carbocycles. The molecule has 2 N–H and O–H groups in total. The normalized spacial score (nSPS) is 17.6. The summed E-state index contributed by atoms with van der Waals surface area (Å²) in [5.74, 6) is 1.01. The highest BCUT2D eigenvalue weighted by atomic mass is 16.5. The molecule has 174 valence electrons. The zero-order chi connectivity index (χ0) is 22.8. The third kappa shape index (κ3) is 4.57. The molecule has 0 radical (unpaired) electrons. The highest BCUT2D eigenvalue weighted by Crippen LogP contribution is 2.28. The number of morpholine rings is 1. The Hall–Kier alpha value is -3.38.